The molecule has 11 heteroatoms. The van der Waals surface area contributed by atoms with E-state index in [2.05, 4.69) is 30.7 Å². The predicted octanol–water partition coefficient (Wildman–Crippen LogP) is 4.88. The van der Waals surface area contributed by atoms with E-state index < -0.39 is 23.5 Å². The molecule has 1 amide bonds. The minimum atomic E-state index is -2.71. The molecule has 2 saturated carbocycles. The number of anilines is 1. The van der Waals surface area contributed by atoms with Crippen LogP contribution in [0.2, 0.25) is 0 Å². The summed E-state index contributed by atoms with van der Waals surface area (Å²) in [6.07, 6.45) is 9.97. The highest BCUT2D eigenvalue weighted by Gasteiger charge is 2.46. The third-order valence-corrected chi connectivity index (χ3v) is 7.25. The van der Waals surface area contributed by atoms with Crippen molar-refractivity contribution in [1.29, 1.82) is 0 Å². The Kier molecular flexibility index (Phi) is 5.38. The van der Waals surface area contributed by atoms with Crippen LogP contribution in [0.5, 0.6) is 0 Å². The van der Waals surface area contributed by atoms with Gasteiger partial charge < -0.3 is 15.6 Å². The van der Waals surface area contributed by atoms with Crippen molar-refractivity contribution in [2.45, 2.75) is 62.6 Å². The summed E-state index contributed by atoms with van der Waals surface area (Å²) in [6.45, 7) is 0.188. The second-order valence-corrected chi connectivity index (χ2v) is 9.96. The summed E-state index contributed by atoms with van der Waals surface area (Å²) in [7, 11) is 0. The molecule has 0 bridgehead atoms. The van der Waals surface area contributed by atoms with Gasteiger partial charge in [-0.25, -0.2) is 22.7 Å². The zero-order chi connectivity index (χ0) is 24.9. The van der Waals surface area contributed by atoms with E-state index in [4.69, 9.17) is 0 Å². The molecule has 0 spiro atoms. The smallest absolute Gasteiger partial charge is 0.255 e. The second kappa shape index (κ2) is 8.49. The van der Waals surface area contributed by atoms with Gasteiger partial charge in [0.25, 0.3) is 11.8 Å². The zero-order valence-corrected chi connectivity index (χ0v) is 19.5. The van der Waals surface area contributed by atoms with Gasteiger partial charge in [0.15, 0.2) is 0 Å². The monoisotopic (exact) mass is 497 g/mol. The standard InChI is InChI=1S/C25H26F3N7O/c26-24(5-2-1-3-6-24)14-31-23-30-12-18-17(11-29-21(18)34-23)15-4-7-35-20(8-15)19(13-32-35)22(36)33-16-9-25(27,28)10-16/h4,7-8,11-13,16H,1-3,5-6,9-10,14H2,(H,33,36)(H2,29,30,31,34). The van der Waals surface area contributed by atoms with Gasteiger partial charge in [0.05, 0.1) is 23.8 Å². The summed E-state index contributed by atoms with van der Waals surface area (Å²) in [5.41, 5.74) is 1.91. The lowest BCUT2D eigenvalue weighted by molar-refractivity contribution is -0.0901. The van der Waals surface area contributed by atoms with Gasteiger partial charge in [-0.05, 0) is 30.5 Å². The highest BCUT2D eigenvalue weighted by atomic mass is 19.3. The molecule has 3 N–H and O–H groups in total. The third kappa shape index (κ3) is 4.27. The van der Waals surface area contributed by atoms with Crippen LogP contribution in [0.15, 0.2) is 36.9 Å². The maximum absolute atomic E-state index is 14.9. The molecule has 2 aliphatic carbocycles. The van der Waals surface area contributed by atoms with Crippen molar-refractivity contribution in [3.63, 3.8) is 0 Å². The maximum Gasteiger partial charge on any atom is 0.255 e. The van der Waals surface area contributed by atoms with Gasteiger partial charge >= 0.3 is 0 Å². The van der Waals surface area contributed by atoms with Gasteiger partial charge in [0, 0.05) is 48.4 Å². The minimum Gasteiger partial charge on any atom is -0.351 e. The van der Waals surface area contributed by atoms with E-state index in [1.807, 2.05) is 12.1 Å². The lowest BCUT2D eigenvalue weighted by Gasteiger charge is -2.35. The summed E-state index contributed by atoms with van der Waals surface area (Å²) in [5, 5.41) is 10.7. The molecular formula is C25H26F3N7O. The number of carbonyl (C=O) groups is 1. The highest BCUT2D eigenvalue weighted by molar-refractivity contribution is 6.02. The Balaban J connectivity index is 1.22. The first kappa shape index (κ1) is 22.8. The molecule has 0 atom stereocenters. The van der Waals surface area contributed by atoms with E-state index in [-0.39, 0.29) is 19.4 Å². The number of nitrogens with one attached hydrogen (secondary N) is 3. The molecule has 0 aromatic carbocycles. The van der Waals surface area contributed by atoms with Crippen LogP contribution < -0.4 is 10.6 Å². The number of pyridine rings is 1. The Labute approximate surface area is 204 Å². The Bertz CT molecular complexity index is 1430. The molecule has 2 aliphatic rings. The Morgan fingerprint density at radius 1 is 1.17 bits per heavy atom. The van der Waals surface area contributed by atoms with E-state index in [1.54, 1.807) is 23.1 Å². The zero-order valence-electron chi connectivity index (χ0n) is 19.5. The highest BCUT2D eigenvalue weighted by Crippen LogP contribution is 2.37. The number of aromatic amines is 1. The van der Waals surface area contributed by atoms with Crippen molar-refractivity contribution >= 4 is 28.4 Å². The first-order valence-electron chi connectivity index (χ1n) is 12.2. The normalized spacial score (nSPS) is 19.3. The summed E-state index contributed by atoms with van der Waals surface area (Å²) in [5.74, 6) is -2.77. The topological polar surface area (TPSA) is 100 Å². The molecule has 0 aliphatic heterocycles. The Morgan fingerprint density at radius 3 is 2.75 bits per heavy atom. The number of fused-ring (bicyclic) bond motifs is 2. The van der Waals surface area contributed by atoms with Crippen molar-refractivity contribution < 1.29 is 18.0 Å². The molecule has 8 nitrogen and oxygen atoms in total. The van der Waals surface area contributed by atoms with Gasteiger partial charge in [0.2, 0.25) is 5.95 Å². The number of H-pyrrole nitrogens is 1. The molecule has 4 aromatic rings. The SMILES string of the molecule is O=C(NC1CC(F)(F)C1)c1cnn2ccc(-c3c[nH]c4nc(NCC5(F)CCCCC5)ncc34)cc12. The van der Waals surface area contributed by atoms with E-state index in [9.17, 15) is 18.0 Å². The molecular weight excluding hydrogens is 471 g/mol. The van der Waals surface area contributed by atoms with Crippen molar-refractivity contribution in [3.05, 3.63) is 42.5 Å². The minimum absolute atomic E-state index is 0.188. The molecule has 4 aromatic heterocycles. The van der Waals surface area contributed by atoms with Gasteiger partial charge in [-0.15, -0.1) is 0 Å². The molecule has 0 radical (unpaired) electrons. The molecule has 0 saturated heterocycles. The van der Waals surface area contributed by atoms with Crippen molar-refractivity contribution in [2.24, 2.45) is 0 Å². The van der Waals surface area contributed by atoms with Gasteiger partial charge in [-0.2, -0.15) is 10.1 Å². The van der Waals surface area contributed by atoms with Crippen LogP contribution in [-0.2, 0) is 0 Å². The molecule has 188 valence electrons. The number of rotatable bonds is 6. The third-order valence-electron chi connectivity index (χ3n) is 7.25. The molecule has 4 heterocycles. The van der Waals surface area contributed by atoms with Crippen molar-refractivity contribution in [1.82, 2.24) is 29.9 Å². The summed E-state index contributed by atoms with van der Waals surface area (Å²) >= 11 is 0. The first-order valence-corrected chi connectivity index (χ1v) is 12.2. The molecule has 0 unspecified atom stereocenters. The van der Waals surface area contributed by atoms with Crippen LogP contribution in [0.25, 0.3) is 27.7 Å². The van der Waals surface area contributed by atoms with E-state index in [1.165, 1.54) is 6.20 Å². The molecule has 2 fully saturated rings. The fraction of sp³-hybridized carbons (Fsp3) is 0.440. The average Bonchev–Trinajstić information content (AvgIpc) is 3.45. The number of alkyl halides is 3. The number of hydrogen-bond acceptors (Lipinski definition) is 5. The predicted molar refractivity (Wildman–Crippen MR) is 129 cm³/mol. The van der Waals surface area contributed by atoms with E-state index >= 15 is 0 Å². The average molecular weight is 498 g/mol. The van der Waals surface area contributed by atoms with Gasteiger partial charge in [-0.1, -0.05) is 19.3 Å². The first-order chi connectivity index (χ1) is 17.3. The fourth-order valence-corrected chi connectivity index (χ4v) is 5.18. The summed E-state index contributed by atoms with van der Waals surface area (Å²) in [4.78, 5) is 24.8. The number of hydrogen-bond donors (Lipinski definition) is 3. The fourth-order valence-electron chi connectivity index (χ4n) is 5.18. The summed E-state index contributed by atoms with van der Waals surface area (Å²) < 4.78 is 42.8. The van der Waals surface area contributed by atoms with Crippen LogP contribution in [0.3, 0.4) is 0 Å². The quantitative estimate of drug-likeness (QED) is 0.352. The second-order valence-electron chi connectivity index (χ2n) is 9.96. The number of halogens is 3. The van der Waals surface area contributed by atoms with Crippen LogP contribution in [-0.4, -0.2) is 54.7 Å². The van der Waals surface area contributed by atoms with Crippen LogP contribution in [0, 0.1) is 0 Å². The van der Waals surface area contributed by atoms with Gasteiger partial charge in [0.1, 0.15) is 11.3 Å². The van der Waals surface area contributed by atoms with Gasteiger partial charge in [-0.3, -0.25) is 4.79 Å². The summed E-state index contributed by atoms with van der Waals surface area (Å²) in [6, 6.07) is 3.14. The lowest BCUT2D eigenvalue weighted by Crippen LogP contribution is -2.50. The van der Waals surface area contributed by atoms with Crippen molar-refractivity contribution in [2.75, 3.05) is 11.9 Å². The molecule has 6 rings (SSSR count). The van der Waals surface area contributed by atoms with Crippen LogP contribution in [0.4, 0.5) is 19.1 Å². The number of amides is 1. The van der Waals surface area contributed by atoms with Crippen molar-refractivity contribution in [3.8, 4) is 11.1 Å². The lowest BCUT2D eigenvalue weighted by atomic mass is 9.86. The Morgan fingerprint density at radius 2 is 1.97 bits per heavy atom. The number of aromatic nitrogens is 5. The van der Waals surface area contributed by atoms with E-state index in [0.29, 0.717) is 35.5 Å². The Hall–Kier alpha value is -3.63. The van der Waals surface area contributed by atoms with Crippen LogP contribution >= 0.6 is 0 Å². The number of nitrogens with zero attached hydrogens (tertiary/aromatic N) is 4. The maximum atomic E-state index is 14.9. The van der Waals surface area contributed by atoms with Crippen LogP contribution in [0.1, 0.15) is 55.3 Å². The molecule has 36 heavy (non-hydrogen) atoms. The van der Waals surface area contributed by atoms with E-state index in [0.717, 1.165) is 35.8 Å². The largest absolute Gasteiger partial charge is 0.351 e. The number of carbonyl (C=O) groups excluding carboxylic acids is 1.